The normalized spacial score (nSPS) is 21.3. The second kappa shape index (κ2) is 6.29. The fraction of sp³-hybridized carbons (Fsp3) is 0.611. The van der Waals surface area contributed by atoms with Crippen LogP contribution in [0.3, 0.4) is 0 Å². The Hall–Kier alpha value is -1.33. The molecule has 0 spiro atoms. The molecule has 4 rings (SSSR count). The molecule has 2 fully saturated rings. The molecule has 124 valence electrons. The Kier molecular flexibility index (Phi) is 4.16. The number of hydrogen-bond donors (Lipinski definition) is 1. The number of carbonyl (C=O) groups excluding carboxylic acids is 1. The van der Waals surface area contributed by atoms with Gasteiger partial charge in [0.1, 0.15) is 0 Å². The summed E-state index contributed by atoms with van der Waals surface area (Å²) in [5.41, 5.74) is 0. The Labute approximate surface area is 141 Å². The Balaban J connectivity index is 1.44. The van der Waals surface area contributed by atoms with E-state index >= 15 is 0 Å². The lowest BCUT2D eigenvalue weighted by Gasteiger charge is -2.29. The van der Waals surface area contributed by atoms with Gasteiger partial charge in [-0.2, -0.15) is 0 Å². The van der Waals surface area contributed by atoms with Crippen LogP contribution in [0.15, 0.2) is 18.5 Å². The van der Waals surface area contributed by atoms with Gasteiger partial charge in [-0.15, -0.1) is 11.3 Å². The molecule has 1 saturated heterocycles. The number of rotatable bonds is 3. The molecule has 2 aliphatic rings. The van der Waals surface area contributed by atoms with E-state index in [2.05, 4.69) is 40.3 Å². The molecule has 1 saturated carbocycles. The minimum Gasteiger partial charge on any atom is -0.349 e. The molecule has 0 atom stereocenters. The van der Waals surface area contributed by atoms with E-state index in [0.29, 0.717) is 12.1 Å². The molecule has 0 radical (unpaired) electrons. The largest absolute Gasteiger partial charge is 0.349 e. The molecule has 0 bridgehead atoms. The van der Waals surface area contributed by atoms with Gasteiger partial charge in [-0.3, -0.25) is 4.79 Å². The van der Waals surface area contributed by atoms with Gasteiger partial charge in [0, 0.05) is 29.9 Å². The van der Waals surface area contributed by atoms with E-state index in [1.807, 2.05) is 0 Å². The third-order valence-electron chi connectivity index (χ3n) is 5.37. The minimum atomic E-state index is 0.105. The van der Waals surface area contributed by atoms with Crippen molar-refractivity contribution in [2.24, 2.45) is 0 Å². The molecule has 0 aromatic carbocycles. The van der Waals surface area contributed by atoms with Gasteiger partial charge < -0.3 is 14.8 Å². The summed E-state index contributed by atoms with van der Waals surface area (Å²) >= 11 is 1.63. The first kappa shape index (κ1) is 15.2. The van der Waals surface area contributed by atoms with Crippen molar-refractivity contribution < 1.29 is 4.79 Å². The number of piperidine rings is 1. The van der Waals surface area contributed by atoms with Crippen LogP contribution in [-0.2, 0) is 0 Å². The van der Waals surface area contributed by atoms with Crippen LogP contribution in [0.5, 0.6) is 0 Å². The smallest absolute Gasteiger partial charge is 0.261 e. The van der Waals surface area contributed by atoms with Crippen molar-refractivity contribution in [1.82, 2.24) is 14.8 Å². The number of carbonyl (C=O) groups is 1. The second-order valence-electron chi connectivity index (χ2n) is 7.12. The summed E-state index contributed by atoms with van der Waals surface area (Å²) in [6.45, 7) is 2.15. The summed E-state index contributed by atoms with van der Waals surface area (Å²) < 4.78 is 3.61. The number of hydrogen-bond acceptors (Lipinski definition) is 3. The van der Waals surface area contributed by atoms with Crippen molar-refractivity contribution in [3.05, 3.63) is 23.3 Å². The Morgan fingerprint density at radius 3 is 2.61 bits per heavy atom. The highest BCUT2D eigenvalue weighted by molar-refractivity contribution is 7.20. The lowest BCUT2D eigenvalue weighted by atomic mass is 10.1. The maximum Gasteiger partial charge on any atom is 0.261 e. The average molecular weight is 331 g/mol. The van der Waals surface area contributed by atoms with Crippen LogP contribution in [0, 0.1) is 0 Å². The van der Waals surface area contributed by atoms with Crippen LogP contribution in [0.25, 0.3) is 10.1 Å². The van der Waals surface area contributed by atoms with Crippen LogP contribution >= 0.6 is 11.3 Å². The van der Waals surface area contributed by atoms with E-state index in [-0.39, 0.29) is 5.91 Å². The van der Waals surface area contributed by atoms with E-state index in [4.69, 9.17) is 0 Å². The van der Waals surface area contributed by atoms with Crippen molar-refractivity contribution in [2.75, 3.05) is 20.1 Å². The molecular weight excluding hydrogens is 306 g/mol. The molecule has 23 heavy (non-hydrogen) atoms. The highest BCUT2D eigenvalue weighted by Crippen LogP contribution is 2.34. The van der Waals surface area contributed by atoms with E-state index in [9.17, 15) is 4.79 Å². The lowest BCUT2D eigenvalue weighted by molar-refractivity contribution is 0.0921. The van der Waals surface area contributed by atoms with Crippen LogP contribution in [0.1, 0.15) is 54.2 Å². The fourth-order valence-corrected chi connectivity index (χ4v) is 4.87. The standard InChI is InChI=1S/C18H25N3OS/c1-20-8-6-14(7-9-20)19-18(22)16-10-13-11-21(12-17(13)23-16)15-4-2-3-5-15/h10-12,14-15H,2-9H2,1H3,(H,19,22). The number of thiophene rings is 1. The van der Waals surface area contributed by atoms with E-state index in [1.54, 1.807) is 11.3 Å². The molecule has 0 unspecified atom stereocenters. The van der Waals surface area contributed by atoms with Gasteiger partial charge in [-0.05, 0) is 51.9 Å². The topological polar surface area (TPSA) is 37.3 Å². The third kappa shape index (κ3) is 3.17. The quantitative estimate of drug-likeness (QED) is 0.932. The molecule has 1 aliphatic carbocycles. The number of likely N-dealkylation sites (tertiary alicyclic amines) is 1. The zero-order valence-corrected chi connectivity index (χ0v) is 14.6. The summed E-state index contributed by atoms with van der Waals surface area (Å²) in [7, 11) is 2.14. The van der Waals surface area contributed by atoms with Gasteiger partial charge in [-0.1, -0.05) is 12.8 Å². The predicted molar refractivity (Wildman–Crippen MR) is 95.3 cm³/mol. The van der Waals surface area contributed by atoms with Crippen molar-refractivity contribution in [1.29, 1.82) is 0 Å². The maximum absolute atomic E-state index is 12.5. The fourth-order valence-electron chi connectivity index (χ4n) is 3.89. The number of nitrogens with one attached hydrogen (secondary N) is 1. The SMILES string of the molecule is CN1CCC(NC(=O)c2cc3cn(C4CCCC4)cc3s2)CC1. The molecule has 1 N–H and O–H groups in total. The molecule has 4 nitrogen and oxygen atoms in total. The molecule has 1 aliphatic heterocycles. The first-order valence-corrected chi connectivity index (χ1v) is 9.61. The molecule has 1 amide bonds. The number of nitrogens with zero attached hydrogens (tertiary/aromatic N) is 2. The molecular formula is C18H25N3OS. The minimum absolute atomic E-state index is 0.105. The van der Waals surface area contributed by atoms with Crippen molar-refractivity contribution in [3.63, 3.8) is 0 Å². The van der Waals surface area contributed by atoms with Gasteiger partial charge in [-0.25, -0.2) is 0 Å². The van der Waals surface area contributed by atoms with Gasteiger partial charge in [0.2, 0.25) is 0 Å². The summed E-state index contributed by atoms with van der Waals surface area (Å²) in [5.74, 6) is 0.105. The second-order valence-corrected chi connectivity index (χ2v) is 8.21. The van der Waals surface area contributed by atoms with Gasteiger partial charge in [0.25, 0.3) is 5.91 Å². The Morgan fingerprint density at radius 2 is 1.91 bits per heavy atom. The number of aromatic nitrogens is 1. The summed E-state index contributed by atoms with van der Waals surface area (Å²) in [6.07, 6.45) is 11.9. The van der Waals surface area contributed by atoms with Crippen LogP contribution in [0.4, 0.5) is 0 Å². The molecule has 2 aromatic heterocycles. The number of fused-ring (bicyclic) bond motifs is 1. The maximum atomic E-state index is 12.5. The Morgan fingerprint density at radius 1 is 1.17 bits per heavy atom. The van der Waals surface area contributed by atoms with E-state index < -0.39 is 0 Å². The third-order valence-corrected chi connectivity index (χ3v) is 6.45. The molecule has 5 heteroatoms. The van der Waals surface area contributed by atoms with Crippen molar-refractivity contribution in [3.8, 4) is 0 Å². The van der Waals surface area contributed by atoms with Gasteiger partial charge >= 0.3 is 0 Å². The first-order valence-electron chi connectivity index (χ1n) is 8.79. The predicted octanol–water partition coefficient (Wildman–Crippen LogP) is 3.64. The van der Waals surface area contributed by atoms with E-state index in [0.717, 1.165) is 30.8 Å². The van der Waals surface area contributed by atoms with E-state index in [1.165, 1.54) is 35.8 Å². The molecule has 2 aromatic rings. The van der Waals surface area contributed by atoms with Crippen molar-refractivity contribution >= 4 is 27.3 Å². The lowest BCUT2D eigenvalue weighted by Crippen LogP contribution is -2.43. The van der Waals surface area contributed by atoms with Crippen LogP contribution < -0.4 is 5.32 Å². The molecule has 3 heterocycles. The average Bonchev–Trinajstić information content (AvgIpc) is 3.24. The summed E-state index contributed by atoms with van der Waals surface area (Å²) in [5, 5.41) is 4.43. The highest BCUT2D eigenvalue weighted by Gasteiger charge is 2.21. The summed E-state index contributed by atoms with van der Waals surface area (Å²) in [4.78, 5) is 15.7. The van der Waals surface area contributed by atoms with Crippen LogP contribution in [-0.4, -0.2) is 41.6 Å². The summed E-state index contributed by atoms with van der Waals surface area (Å²) in [6, 6.07) is 3.07. The van der Waals surface area contributed by atoms with Crippen LogP contribution in [0.2, 0.25) is 0 Å². The van der Waals surface area contributed by atoms with Gasteiger partial charge in [0.15, 0.2) is 0 Å². The Bertz CT molecular complexity index is 659. The zero-order valence-electron chi connectivity index (χ0n) is 13.8. The highest BCUT2D eigenvalue weighted by atomic mass is 32.1. The van der Waals surface area contributed by atoms with Gasteiger partial charge in [0.05, 0.1) is 9.58 Å². The first-order chi connectivity index (χ1) is 11.2. The monoisotopic (exact) mass is 331 g/mol. The zero-order chi connectivity index (χ0) is 15.8. The van der Waals surface area contributed by atoms with Crippen molar-refractivity contribution in [2.45, 2.75) is 50.6 Å². The number of amides is 1.